The molecule has 0 saturated carbocycles. The minimum absolute atomic E-state index is 0. The van der Waals surface area contributed by atoms with Crippen molar-refractivity contribution in [3.8, 4) is 22.5 Å². The minimum Gasteiger partial charge on any atom is 0 e. The van der Waals surface area contributed by atoms with Crippen molar-refractivity contribution in [1.82, 2.24) is 9.97 Å². The molecule has 0 atom stereocenters. The fraction of sp³-hybridized carbons (Fsp3) is 0.282. The van der Waals surface area contributed by atoms with E-state index in [2.05, 4.69) is 39.4 Å². The van der Waals surface area contributed by atoms with E-state index in [0.717, 1.165) is 37.6 Å². The minimum atomic E-state index is -2.20. The summed E-state index contributed by atoms with van der Waals surface area (Å²) in [6, 6.07) is 28.4. The van der Waals surface area contributed by atoms with Gasteiger partial charge in [0, 0.05) is 37.2 Å². The predicted molar refractivity (Wildman–Crippen MR) is 185 cm³/mol. The van der Waals surface area contributed by atoms with E-state index < -0.39 is 32.4 Å². The molecule has 6 rings (SSSR count). The number of hydrogen-bond acceptors (Lipinski definition) is 3. The van der Waals surface area contributed by atoms with Gasteiger partial charge in [0.15, 0.2) is 0 Å². The molecule has 6 aromatic rings. The van der Waals surface area contributed by atoms with Crippen LogP contribution in [-0.4, -0.2) is 23.2 Å². The van der Waals surface area contributed by atoms with Crippen molar-refractivity contribution in [2.45, 2.75) is 64.1 Å². The predicted octanol–water partition coefficient (Wildman–Crippen LogP) is 10.2. The van der Waals surface area contributed by atoms with Gasteiger partial charge in [0.05, 0.1) is 5.58 Å². The number of nitrogens with zero attached hydrogens (tertiary/aromatic N) is 2. The maximum atomic E-state index is 8.56. The molecule has 0 N–H and O–H groups in total. The summed E-state index contributed by atoms with van der Waals surface area (Å²) >= 11 is -2.20. The zero-order valence-electron chi connectivity index (χ0n) is 32.3. The van der Waals surface area contributed by atoms with Crippen LogP contribution in [0.15, 0.2) is 89.6 Å². The SMILES string of the molecule is [2H]C([2H])([2H])c1ccc2c(c1)oc1c(-c3cc(C([2H])(C)C)ccn3)[c-]ccc12.[2H]C([2H])(c1cc(-c2[c-]cccc2)nc[c]1[Ge]([CH3])([CH3])[CH3])C(C)C.[Ir]. The summed E-state index contributed by atoms with van der Waals surface area (Å²) in [5, 5.41) is 1.73. The van der Waals surface area contributed by atoms with Gasteiger partial charge in [-0.1, -0.05) is 48.6 Å². The second kappa shape index (κ2) is 14.4. The first kappa shape index (κ1) is 26.2. The van der Waals surface area contributed by atoms with Crippen molar-refractivity contribution in [3.05, 3.63) is 114 Å². The van der Waals surface area contributed by atoms with E-state index in [1.807, 2.05) is 88.5 Å². The van der Waals surface area contributed by atoms with Crippen LogP contribution in [-0.2, 0) is 26.5 Å². The van der Waals surface area contributed by atoms with Crippen molar-refractivity contribution in [3.63, 3.8) is 0 Å². The molecule has 0 aliphatic heterocycles. The Balaban J connectivity index is 0.000000225. The van der Waals surface area contributed by atoms with Crippen LogP contribution in [0.2, 0.25) is 17.3 Å². The zero-order chi connectivity index (χ0) is 35.9. The molecule has 0 spiro atoms. The van der Waals surface area contributed by atoms with Gasteiger partial charge in [0.2, 0.25) is 0 Å². The van der Waals surface area contributed by atoms with E-state index in [1.54, 1.807) is 24.4 Å². The van der Waals surface area contributed by atoms with Crippen molar-refractivity contribution < 1.29 is 32.7 Å². The van der Waals surface area contributed by atoms with Crippen molar-refractivity contribution >= 4 is 39.6 Å². The van der Waals surface area contributed by atoms with Crippen LogP contribution in [0.1, 0.15) is 58.5 Å². The molecule has 229 valence electrons. The van der Waals surface area contributed by atoms with Crippen LogP contribution >= 0.6 is 0 Å². The van der Waals surface area contributed by atoms with Crippen LogP contribution in [0.5, 0.6) is 0 Å². The van der Waals surface area contributed by atoms with Gasteiger partial charge >= 0.3 is 128 Å². The molecule has 0 unspecified atom stereocenters. The molecule has 3 aromatic heterocycles. The number of rotatable bonds is 6. The molecule has 3 heterocycles. The largest absolute Gasteiger partial charge is 0 e. The second-order valence-electron chi connectivity index (χ2n) is 12.3. The smallest absolute Gasteiger partial charge is 0 e. The van der Waals surface area contributed by atoms with E-state index in [4.69, 9.17) is 12.6 Å². The number of pyridine rings is 2. The fourth-order valence-corrected chi connectivity index (χ4v) is 7.94. The number of benzene rings is 3. The van der Waals surface area contributed by atoms with E-state index in [9.17, 15) is 0 Å². The summed E-state index contributed by atoms with van der Waals surface area (Å²) in [5.41, 5.74) is 6.14. The summed E-state index contributed by atoms with van der Waals surface area (Å²) in [5.74, 6) is 6.03. The van der Waals surface area contributed by atoms with Gasteiger partial charge in [-0.2, -0.15) is 0 Å². The maximum Gasteiger partial charge on any atom is 0 e. The number of hydrogen-bond donors (Lipinski definition) is 0. The van der Waals surface area contributed by atoms with Crippen molar-refractivity contribution in [1.29, 1.82) is 0 Å². The van der Waals surface area contributed by atoms with Gasteiger partial charge in [0.25, 0.3) is 0 Å². The summed E-state index contributed by atoms with van der Waals surface area (Å²) in [6.07, 6.45) is 2.25. The average molecular weight is 826 g/mol. The third kappa shape index (κ3) is 7.77. The van der Waals surface area contributed by atoms with Gasteiger partial charge in [-0.3, -0.25) is 0 Å². The molecule has 0 amide bonds. The standard InChI is InChI=1S/C21H18NO.C18H24GeN.Ir/c1-13(2)15-9-10-22-19(12-15)18-6-4-5-17-16-8-7-14(3)11-20(16)23-21(17)18;1-14(2)11-16-12-18(15-9-7-6-8-10-15)20-13-17(16)19(3,4)5;/h4-5,7-13H,1-3H3;6-9,12-14H,11H2,1-5H3;/q2*-1;/i3D3,13D;11D2;. The number of furan rings is 1. The third-order valence-corrected chi connectivity index (χ3v) is 11.4. The molecule has 44 heavy (non-hydrogen) atoms. The molecular weight excluding hydrogens is 777 g/mol. The monoisotopic (exact) mass is 827 g/mol. The van der Waals surface area contributed by atoms with E-state index in [1.165, 1.54) is 0 Å². The molecular formula is C39H42GeIrN2O-2. The first-order chi connectivity index (χ1) is 22.8. The first-order valence-corrected chi connectivity index (χ1v) is 21.9. The van der Waals surface area contributed by atoms with Gasteiger partial charge in [-0.15, -0.1) is 18.2 Å². The summed E-state index contributed by atoms with van der Waals surface area (Å²) in [4.78, 5) is 9.03. The van der Waals surface area contributed by atoms with Gasteiger partial charge in [0.1, 0.15) is 5.58 Å². The molecule has 0 bridgehead atoms. The molecule has 0 saturated heterocycles. The first-order valence-electron chi connectivity index (χ1n) is 17.6. The Kier molecular flexibility index (Phi) is 8.55. The Morgan fingerprint density at radius 3 is 2.41 bits per heavy atom. The third-order valence-electron chi connectivity index (χ3n) is 7.17. The Morgan fingerprint density at radius 1 is 0.909 bits per heavy atom. The molecule has 1 radical (unpaired) electrons. The molecule has 3 aromatic carbocycles. The van der Waals surface area contributed by atoms with Crippen molar-refractivity contribution in [2.24, 2.45) is 5.92 Å². The fourth-order valence-electron chi connectivity index (χ4n) is 4.99. The van der Waals surface area contributed by atoms with Crippen LogP contribution in [0.25, 0.3) is 44.5 Å². The quantitative estimate of drug-likeness (QED) is 0.124. The summed E-state index contributed by atoms with van der Waals surface area (Å²) < 4.78 is 55.4. The number of aromatic nitrogens is 2. The van der Waals surface area contributed by atoms with Crippen LogP contribution in [0.3, 0.4) is 0 Å². The summed E-state index contributed by atoms with van der Waals surface area (Å²) in [7, 11) is 0. The second-order valence-corrected chi connectivity index (χ2v) is 22.9. The van der Waals surface area contributed by atoms with Crippen LogP contribution in [0.4, 0.5) is 0 Å². The summed E-state index contributed by atoms with van der Waals surface area (Å²) in [6.45, 7) is 5.35. The average Bonchev–Trinajstić information content (AvgIpc) is 3.42. The van der Waals surface area contributed by atoms with Crippen LogP contribution in [0, 0.1) is 24.9 Å². The topological polar surface area (TPSA) is 38.9 Å². The molecule has 5 heteroatoms. The normalized spacial score (nSPS) is 14.4. The Bertz CT molecular complexity index is 2100. The zero-order valence-corrected chi connectivity index (χ0v) is 30.8. The van der Waals surface area contributed by atoms with Crippen molar-refractivity contribution in [2.75, 3.05) is 0 Å². The van der Waals surface area contributed by atoms with Gasteiger partial charge < -0.3 is 9.40 Å². The number of aryl methyl sites for hydroxylation is 1. The Hall–Kier alpha value is -3.05. The Morgan fingerprint density at radius 2 is 1.73 bits per heavy atom. The molecule has 3 nitrogen and oxygen atoms in total. The maximum absolute atomic E-state index is 8.56. The molecule has 0 aliphatic carbocycles. The van der Waals surface area contributed by atoms with Crippen LogP contribution < -0.4 is 4.40 Å². The number of fused-ring (bicyclic) bond motifs is 3. The Labute approximate surface area is 287 Å². The van der Waals surface area contributed by atoms with E-state index in [0.29, 0.717) is 22.4 Å². The van der Waals surface area contributed by atoms with Gasteiger partial charge in [-0.05, 0) is 36.1 Å². The van der Waals surface area contributed by atoms with E-state index in [-0.39, 0.29) is 31.6 Å². The van der Waals surface area contributed by atoms with Gasteiger partial charge in [-0.25, -0.2) is 0 Å². The van der Waals surface area contributed by atoms with E-state index >= 15 is 0 Å². The molecule has 0 aliphatic rings. The molecule has 0 fully saturated rings.